The second-order valence-electron chi connectivity index (χ2n) is 6.11. The molecule has 1 N–H and O–H groups in total. The van der Waals surface area contributed by atoms with Crippen LogP contribution in [0.1, 0.15) is 46.5 Å². The fourth-order valence-electron chi connectivity index (χ4n) is 2.89. The van der Waals surface area contributed by atoms with Gasteiger partial charge in [-0.1, -0.05) is 0 Å². The molecule has 0 aromatic carbocycles. The minimum Gasteiger partial charge on any atom is -0.393 e. The summed E-state index contributed by atoms with van der Waals surface area (Å²) in [6.45, 7) is 9.14. The zero-order chi connectivity index (χ0) is 10.4. The predicted molar refractivity (Wildman–Crippen MR) is 58.2 cm³/mol. The summed E-state index contributed by atoms with van der Waals surface area (Å²) in [7, 11) is 0. The zero-order valence-electron chi connectivity index (χ0n) is 9.71. The topological polar surface area (TPSA) is 23.5 Å². The summed E-state index contributed by atoms with van der Waals surface area (Å²) >= 11 is 0. The number of nitrogens with zero attached hydrogens (tertiary/aromatic N) is 1. The summed E-state index contributed by atoms with van der Waals surface area (Å²) in [5.41, 5.74) is 0.536. The van der Waals surface area contributed by atoms with Gasteiger partial charge in [-0.3, -0.25) is 4.90 Å². The van der Waals surface area contributed by atoms with Crippen LogP contribution in [0.15, 0.2) is 0 Å². The van der Waals surface area contributed by atoms with Gasteiger partial charge >= 0.3 is 0 Å². The summed E-state index contributed by atoms with van der Waals surface area (Å²) in [5.74, 6) is 0. The van der Waals surface area contributed by atoms with E-state index in [1.807, 2.05) is 0 Å². The lowest BCUT2D eigenvalue weighted by Crippen LogP contribution is -2.59. The first kappa shape index (κ1) is 10.4. The Morgan fingerprint density at radius 2 is 2.00 bits per heavy atom. The van der Waals surface area contributed by atoms with Crippen LogP contribution < -0.4 is 0 Å². The van der Waals surface area contributed by atoms with Crippen molar-refractivity contribution in [3.8, 4) is 0 Å². The Morgan fingerprint density at radius 1 is 1.29 bits per heavy atom. The second kappa shape index (κ2) is 3.21. The van der Waals surface area contributed by atoms with Crippen LogP contribution >= 0.6 is 0 Å². The number of aliphatic hydroxyl groups excluding tert-OH is 1. The van der Waals surface area contributed by atoms with Crippen molar-refractivity contribution < 1.29 is 5.11 Å². The molecule has 0 aromatic heterocycles. The van der Waals surface area contributed by atoms with Gasteiger partial charge in [0.15, 0.2) is 0 Å². The minimum absolute atomic E-state index is 0.0207. The Hall–Kier alpha value is -0.0800. The van der Waals surface area contributed by atoms with Gasteiger partial charge in [-0.2, -0.15) is 0 Å². The molecule has 1 heterocycles. The van der Waals surface area contributed by atoms with E-state index in [0.717, 1.165) is 13.0 Å². The fourth-order valence-corrected chi connectivity index (χ4v) is 2.89. The third-order valence-corrected chi connectivity index (χ3v) is 4.18. The van der Waals surface area contributed by atoms with E-state index < -0.39 is 0 Å². The number of piperidine rings is 1. The van der Waals surface area contributed by atoms with Gasteiger partial charge in [0.05, 0.1) is 6.10 Å². The number of hydrogen-bond acceptors (Lipinski definition) is 2. The van der Waals surface area contributed by atoms with Gasteiger partial charge in [0.2, 0.25) is 0 Å². The van der Waals surface area contributed by atoms with Gasteiger partial charge in [0.25, 0.3) is 0 Å². The van der Waals surface area contributed by atoms with Crippen LogP contribution in [0, 0.1) is 5.41 Å². The quantitative estimate of drug-likeness (QED) is 0.642. The summed E-state index contributed by atoms with van der Waals surface area (Å²) < 4.78 is 0. The van der Waals surface area contributed by atoms with Crippen molar-refractivity contribution in [1.82, 2.24) is 4.90 Å². The molecular formula is C12H23NO. The van der Waals surface area contributed by atoms with Crippen LogP contribution in [0.2, 0.25) is 0 Å². The van der Waals surface area contributed by atoms with Crippen molar-refractivity contribution in [3.05, 3.63) is 0 Å². The first-order chi connectivity index (χ1) is 6.44. The van der Waals surface area contributed by atoms with Crippen LogP contribution in [-0.2, 0) is 0 Å². The molecule has 2 fully saturated rings. The van der Waals surface area contributed by atoms with E-state index in [2.05, 4.69) is 25.7 Å². The Bertz CT molecular complexity index is 221. The van der Waals surface area contributed by atoms with Gasteiger partial charge in [-0.25, -0.2) is 0 Å². The molecule has 0 bridgehead atoms. The maximum absolute atomic E-state index is 9.88. The summed E-state index contributed by atoms with van der Waals surface area (Å²) in [5, 5.41) is 9.88. The van der Waals surface area contributed by atoms with E-state index in [1.54, 1.807) is 0 Å². The average molecular weight is 197 g/mol. The third-order valence-electron chi connectivity index (χ3n) is 4.18. The van der Waals surface area contributed by atoms with Gasteiger partial charge in [-0.15, -0.1) is 0 Å². The lowest BCUT2D eigenvalue weighted by atomic mass is 9.61. The fraction of sp³-hybridized carbons (Fsp3) is 1.00. The van der Waals surface area contributed by atoms with E-state index in [-0.39, 0.29) is 17.1 Å². The van der Waals surface area contributed by atoms with E-state index in [4.69, 9.17) is 0 Å². The lowest BCUT2D eigenvalue weighted by molar-refractivity contribution is -0.119. The Balaban J connectivity index is 2.04. The molecule has 0 aromatic rings. The molecular weight excluding hydrogens is 174 g/mol. The number of hydrogen-bond donors (Lipinski definition) is 1. The Labute approximate surface area is 87.3 Å². The van der Waals surface area contributed by atoms with E-state index in [0.29, 0.717) is 0 Å². The summed E-state index contributed by atoms with van der Waals surface area (Å²) in [4.78, 5) is 2.54. The molecule has 0 unspecified atom stereocenters. The van der Waals surface area contributed by atoms with Gasteiger partial charge < -0.3 is 5.11 Å². The SMILES string of the molecule is CC(C)(C)N1CCC[C@@]2(CC[C@H]2O)C1. The zero-order valence-corrected chi connectivity index (χ0v) is 9.71. The van der Waals surface area contributed by atoms with Crippen LogP contribution in [0.3, 0.4) is 0 Å². The highest BCUT2D eigenvalue weighted by molar-refractivity contribution is 5.01. The highest BCUT2D eigenvalue weighted by Crippen LogP contribution is 2.48. The van der Waals surface area contributed by atoms with Gasteiger partial charge in [0, 0.05) is 17.5 Å². The molecule has 2 atom stereocenters. The molecule has 2 nitrogen and oxygen atoms in total. The first-order valence-electron chi connectivity index (χ1n) is 5.87. The molecule has 2 heteroatoms. The second-order valence-corrected chi connectivity index (χ2v) is 6.11. The molecule has 1 saturated carbocycles. The molecule has 1 saturated heterocycles. The van der Waals surface area contributed by atoms with Gasteiger partial charge in [0.1, 0.15) is 0 Å². The minimum atomic E-state index is -0.0207. The normalized spacial score (nSPS) is 39.9. The van der Waals surface area contributed by atoms with Crippen LogP contribution in [0.4, 0.5) is 0 Å². The highest BCUT2D eigenvalue weighted by Gasteiger charge is 2.49. The average Bonchev–Trinajstić information content (AvgIpc) is 2.14. The van der Waals surface area contributed by atoms with Crippen molar-refractivity contribution in [2.45, 2.75) is 58.1 Å². The van der Waals surface area contributed by atoms with E-state index >= 15 is 0 Å². The van der Waals surface area contributed by atoms with E-state index in [1.165, 1.54) is 25.8 Å². The highest BCUT2D eigenvalue weighted by atomic mass is 16.3. The van der Waals surface area contributed by atoms with Crippen molar-refractivity contribution in [1.29, 1.82) is 0 Å². The van der Waals surface area contributed by atoms with Crippen LogP contribution in [-0.4, -0.2) is 34.7 Å². The monoisotopic (exact) mass is 197 g/mol. The molecule has 0 amide bonds. The van der Waals surface area contributed by atoms with Crippen molar-refractivity contribution in [2.75, 3.05) is 13.1 Å². The summed E-state index contributed by atoms with van der Waals surface area (Å²) in [6.07, 6.45) is 4.74. The molecule has 2 aliphatic rings. The standard InChI is InChI=1S/C12H23NO/c1-11(2,3)13-8-4-6-12(9-13)7-5-10(12)14/h10,14H,4-9H2,1-3H3/t10-,12-/m1/s1. The van der Waals surface area contributed by atoms with E-state index in [9.17, 15) is 5.11 Å². The number of aliphatic hydroxyl groups is 1. The molecule has 1 aliphatic carbocycles. The van der Waals surface area contributed by atoms with Crippen LogP contribution in [0.25, 0.3) is 0 Å². The largest absolute Gasteiger partial charge is 0.393 e. The van der Waals surface area contributed by atoms with Gasteiger partial charge in [-0.05, 0) is 53.0 Å². The molecule has 1 spiro atoms. The number of rotatable bonds is 0. The Morgan fingerprint density at radius 3 is 2.43 bits per heavy atom. The molecule has 14 heavy (non-hydrogen) atoms. The lowest BCUT2D eigenvalue weighted by Gasteiger charge is -2.55. The van der Waals surface area contributed by atoms with Crippen molar-refractivity contribution in [3.63, 3.8) is 0 Å². The molecule has 82 valence electrons. The maximum atomic E-state index is 9.88. The molecule has 0 radical (unpaired) electrons. The molecule has 1 aliphatic heterocycles. The Kier molecular flexibility index (Phi) is 2.39. The smallest absolute Gasteiger partial charge is 0.0608 e. The number of likely N-dealkylation sites (tertiary alicyclic amines) is 1. The first-order valence-corrected chi connectivity index (χ1v) is 5.87. The maximum Gasteiger partial charge on any atom is 0.0608 e. The van der Waals surface area contributed by atoms with Crippen LogP contribution in [0.5, 0.6) is 0 Å². The molecule has 2 rings (SSSR count). The summed E-state index contributed by atoms with van der Waals surface area (Å²) in [6, 6.07) is 0. The predicted octanol–water partition coefficient (Wildman–Crippen LogP) is 2.02. The van der Waals surface area contributed by atoms with Crippen molar-refractivity contribution >= 4 is 0 Å². The third kappa shape index (κ3) is 1.59. The van der Waals surface area contributed by atoms with Crippen molar-refractivity contribution in [2.24, 2.45) is 5.41 Å².